The summed E-state index contributed by atoms with van der Waals surface area (Å²) >= 11 is 0. The fraction of sp³-hybridized carbons (Fsp3) is 0.333. The molecule has 0 aromatic heterocycles. The minimum atomic E-state index is 0. The van der Waals surface area contributed by atoms with Crippen molar-refractivity contribution < 1.29 is 35.6 Å². The Morgan fingerprint density at radius 2 is 1.57 bits per heavy atom. The first kappa shape index (κ1) is 26.9. The molecule has 0 saturated heterocycles. The maximum Gasteiger partial charge on any atom is 3.00 e. The van der Waals surface area contributed by atoms with Gasteiger partial charge in [0.05, 0.1) is 0 Å². The van der Waals surface area contributed by atoms with Gasteiger partial charge in [-0.05, 0) is 23.8 Å². The van der Waals surface area contributed by atoms with E-state index in [-0.39, 0.29) is 41.0 Å². The minimum Gasteiger partial charge on any atom is -1.00 e. The van der Waals surface area contributed by atoms with Crippen molar-refractivity contribution in [3.05, 3.63) is 76.9 Å². The molecule has 0 aliphatic heterocycles. The first-order valence-electron chi connectivity index (χ1n) is 9.23. The Kier molecular flexibility index (Phi) is 10.7. The third-order valence-electron chi connectivity index (χ3n) is 4.79. The van der Waals surface area contributed by atoms with Gasteiger partial charge in [-0.2, -0.15) is 0 Å². The van der Waals surface area contributed by atoms with Gasteiger partial charge in [0, 0.05) is 9.52 Å². The van der Waals surface area contributed by atoms with Crippen LogP contribution in [0.2, 0.25) is 13.1 Å². The van der Waals surface area contributed by atoms with Crippen molar-refractivity contribution in [1.29, 1.82) is 0 Å². The molecule has 4 heteroatoms. The van der Waals surface area contributed by atoms with Crippen molar-refractivity contribution in [2.75, 3.05) is 0 Å². The normalized spacial score (nSPS) is 13.3. The van der Waals surface area contributed by atoms with E-state index in [2.05, 4.69) is 88.5 Å². The van der Waals surface area contributed by atoms with Crippen molar-refractivity contribution in [2.24, 2.45) is 5.41 Å². The van der Waals surface area contributed by atoms with Crippen molar-refractivity contribution in [3.8, 4) is 11.1 Å². The van der Waals surface area contributed by atoms with Gasteiger partial charge in [0.15, 0.2) is 0 Å². The molecule has 0 spiro atoms. The Morgan fingerprint density at radius 3 is 2.18 bits per heavy atom. The summed E-state index contributed by atoms with van der Waals surface area (Å²) in [4.78, 5) is 0. The zero-order chi connectivity index (χ0) is 18.0. The van der Waals surface area contributed by atoms with Gasteiger partial charge in [0.2, 0.25) is 0 Å². The predicted molar refractivity (Wildman–Crippen MR) is 113 cm³/mol. The maximum absolute atomic E-state index is 3.68. The first-order chi connectivity index (χ1) is 11.9. The van der Waals surface area contributed by atoms with Crippen LogP contribution in [0.5, 0.6) is 0 Å². The second kappa shape index (κ2) is 11.2. The molecule has 0 saturated carbocycles. The molecule has 0 unspecified atom stereocenters. The van der Waals surface area contributed by atoms with Gasteiger partial charge in [-0.3, -0.25) is 0 Å². The first-order valence-corrected chi connectivity index (χ1v) is 11.5. The molecule has 0 nitrogen and oxygen atoms in total. The van der Waals surface area contributed by atoms with E-state index in [9.17, 15) is 0 Å². The van der Waals surface area contributed by atoms with Crippen LogP contribution in [-0.4, -0.2) is 9.52 Å². The molecule has 2 aliphatic carbocycles. The van der Waals surface area contributed by atoms with Crippen LogP contribution >= 0.6 is 0 Å². The van der Waals surface area contributed by atoms with E-state index in [0.29, 0.717) is 0 Å². The van der Waals surface area contributed by atoms with Crippen LogP contribution in [0.25, 0.3) is 16.7 Å². The topological polar surface area (TPSA) is 0 Å². The maximum atomic E-state index is 3.68. The van der Waals surface area contributed by atoms with E-state index < -0.39 is 0 Å². The Hall–Kier alpha value is -1.12. The number of allylic oxidation sites excluding steroid dienone is 4. The van der Waals surface area contributed by atoms with Gasteiger partial charge >= 0.3 is 26.2 Å². The zero-order valence-electron chi connectivity index (χ0n) is 17.4. The number of fused-ring (bicyclic) bond motifs is 3. The van der Waals surface area contributed by atoms with E-state index >= 15 is 0 Å². The van der Waals surface area contributed by atoms with Crippen molar-refractivity contribution in [1.82, 2.24) is 0 Å². The van der Waals surface area contributed by atoms with Crippen LogP contribution in [0.15, 0.2) is 54.1 Å². The number of hydrogen-bond acceptors (Lipinski definition) is 0. The fourth-order valence-electron chi connectivity index (χ4n) is 3.48. The van der Waals surface area contributed by atoms with Crippen molar-refractivity contribution >= 4 is 15.1 Å². The standard InChI is InChI=1S/C22H21.C2H7Si.2FH.Zr/c1-22(2,3)19-10-8-16(14-19)15-9-11-21-18(12-15)13-17-6-4-5-7-20(17)21;1-3-2;;;/h4-7,9-11,14H,8,13H2,1-3H3;3H,1-2H3;2*1H;/q-1;;;;+3/p-2. The summed E-state index contributed by atoms with van der Waals surface area (Å²) < 4.78 is 0. The van der Waals surface area contributed by atoms with Crippen molar-refractivity contribution in [2.45, 2.75) is 46.7 Å². The molecule has 0 heterocycles. The molecule has 2 aliphatic rings. The second-order valence-electron chi connectivity index (χ2n) is 7.96. The van der Waals surface area contributed by atoms with Gasteiger partial charge in [0.1, 0.15) is 0 Å². The van der Waals surface area contributed by atoms with Crippen LogP contribution in [0.3, 0.4) is 0 Å². The molecule has 0 atom stereocenters. The molecular weight excluding hydrogens is 446 g/mol. The fourth-order valence-corrected chi connectivity index (χ4v) is 3.48. The summed E-state index contributed by atoms with van der Waals surface area (Å²) in [6.45, 7) is 11.3. The molecule has 4 rings (SSSR count). The molecule has 0 N–H and O–H groups in total. The summed E-state index contributed by atoms with van der Waals surface area (Å²) in [7, 11) is 0.750. The molecular formula is C24H28F2SiZr. The number of benzene rings is 2. The van der Waals surface area contributed by atoms with Crippen LogP contribution < -0.4 is 9.41 Å². The minimum absolute atomic E-state index is 0. The molecule has 0 amide bonds. The van der Waals surface area contributed by atoms with Crippen LogP contribution in [0.4, 0.5) is 0 Å². The second-order valence-corrected chi connectivity index (χ2v) is 9.11. The molecule has 0 bridgehead atoms. The monoisotopic (exact) mass is 472 g/mol. The summed E-state index contributed by atoms with van der Waals surface area (Å²) in [5.74, 6) is 0. The Labute approximate surface area is 190 Å². The molecule has 0 fully saturated rings. The van der Waals surface area contributed by atoms with Crippen LogP contribution in [0, 0.1) is 11.5 Å². The molecule has 28 heavy (non-hydrogen) atoms. The van der Waals surface area contributed by atoms with E-state index in [1.54, 1.807) is 0 Å². The van der Waals surface area contributed by atoms with Gasteiger partial charge < -0.3 is 9.41 Å². The SMILES string of the molecule is CC(C)(C)C1=CCC(c2[c-]c3c(cc2)-c2ccccc2C3)=C1.C[SiH]C.[F-].[F-].[Zr+3]. The van der Waals surface area contributed by atoms with Crippen molar-refractivity contribution in [3.63, 3.8) is 0 Å². The largest absolute Gasteiger partial charge is 3.00 e. The van der Waals surface area contributed by atoms with E-state index in [1.807, 2.05) is 0 Å². The number of rotatable bonds is 1. The Morgan fingerprint density at radius 1 is 0.929 bits per heavy atom. The summed E-state index contributed by atoms with van der Waals surface area (Å²) in [6, 6.07) is 16.9. The molecule has 2 aromatic carbocycles. The Bertz CT molecular complexity index is 848. The van der Waals surface area contributed by atoms with Crippen LogP contribution in [-0.2, 0) is 32.6 Å². The van der Waals surface area contributed by atoms with E-state index in [4.69, 9.17) is 0 Å². The number of halogens is 2. The summed E-state index contributed by atoms with van der Waals surface area (Å²) in [6.07, 6.45) is 6.78. The molecule has 146 valence electrons. The molecule has 2 aromatic rings. The average molecular weight is 474 g/mol. The average Bonchev–Trinajstić information content (AvgIpc) is 3.19. The van der Waals surface area contributed by atoms with Gasteiger partial charge in [-0.25, -0.2) is 0 Å². The Balaban J connectivity index is 0.00000115. The smallest absolute Gasteiger partial charge is 1.00 e. The van der Waals surface area contributed by atoms with Gasteiger partial charge in [0.25, 0.3) is 0 Å². The van der Waals surface area contributed by atoms with Gasteiger partial charge in [-0.15, -0.1) is 34.9 Å². The zero-order valence-corrected chi connectivity index (χ0v) is 21.0. The summed E-state index contributed by atoms with van der Waals surface area (Å²) in [5.41, 5.74) is 9.87. The quantitative estimate of drug-likeness (QED) is 0.353. The molecule has 2 radical (unpaired) electrons. The third kappa shape index (κ3) is 5.70. The van der Waals surface area contributed by atoms with Crippen LogP contribution in [0.1, 0.15) is 43.9 Å². The van der Waals surface area contributed by atoms with E-state index in [1.165, 1.54) is 39.0 Å². The third-order valence-corrected chi connectivity index (χ3v) is 4.79. The van der Waals surface area contributed by atoms with Gasteiger partial charge in [-0.1, -0.05) is 87.0 Å². The van der Waals surface area contributed by atoms with E-state index in [0.717, 1.165) is 22.4 Å². The number of hydrogen-bond donors (Lipinski definition) is 0. The summed E-state index contributed by atoms with van der Waals surface area (Å²) in [5, 5.41) is 0. The predicted octanol–water partition coefficient (Wildman–Crippen LogP) is 0.342.